The van der Waals surface area contributed by atoms with Gasteiger partial charge in [0.2, 0.25) is 5.91 Å². The lowest BCUT2D eigenvalue weighted by atomic mass is 9.76. The molecule has 2 rings (SSSR count). The van der Waals surface area contributed by atoms with Crippen LogP contribution in [0.3, 0.4) is 0 Å². The summed E-state index contributed by atoms with van der Waals surface area (Å²) >= 11 is 0. The molecule has 0 aromatic carbocycles. The quantitative estimate of drug-likeness (QED) is 0.714. The number of hydrogen-bond donors (Lipinski definition) is 3. The predicted octanol–water partition coefficient (Wildman–Crippen LogP) is 1.53. The van der Waals surface area contributed by atoms with E-state index < -0.39 is 5.97 Å². The largest absolute Gasteiger partial charge is 0.481 e. The lowest BCUT2D eigenvalue weighted by Crippen LogP contribution is -2.52. The molecule has 1 aliphatic carbocycles. The normalized spacial score (nSPS) is 33.9. The number of carboxylic acid groups (broad SMARTS) is 1. The van der Waals surface area contributed by atoms with Crippen molar-refractivity contribution in [3.8, 4) is 0 Å². The second-order valence-electron chi connectivity index (χ2n) is 6.33. The van der Waals surface area contributed by atoms with E-state index in [2.05, 4.69) is 17.6 Å². The van der Waals surface area contributed by atoms with E-state index in [1.807, 2.05) is 0 Å². The zero-order chi connectivity index (χ0) is 14.6. The van der Waals surface area contributed by atoms with E-state index in [1.54, 1.807) is 0 Å². The van der Waals surface area contributed by atoms with Gasteiger partial charge in [-0.15, -0.1) is 0 Å². The minimum absolute atomic E-state index is 0.0410. The van der Waals surface area contributed by atoms with Crippen molar-refractivity contribution < 1.29 is 14.7 Å². The summed E-state index contributed by atoms with van der Waals surface area (Å²) < 4.78 is 0. The summed E-state index contributed by atoms with van der Waals surface area (Å²) in [5, 5.41) is 15.5. The van der Waals surface area contributed by atoms with Crippen LogP contribution < -0.4 is 10.6 Å². The minimum atomic E-state index is -0.732. The van der Waals surface area contributed by atoms with Gasteiger partial charge < -0.3 is 15.7 Å². The van der Waals surface area contributed by atoms with Gasteiger partial charge in [-0.05, 0) is 45.1 Å². The lowest BCUT2D eigenvalue weighted by molar-refractivity contribution is -0.141. The highest BCUT2D eigenvalue weighted by molar-refractivity contribution is 5.83. The second kappa shape index (κ2) is 6.57. The Morgan fingerprint density at radius 1 is 1.40 bits per heavy atom. The number of carboxylic acids is 1. The highest BCUT2D eigenvalue weighted by Gasteiger charge is 2.40. The summed E-state index contributed by atoms with van der Waals surface area (Å²) in [5.41, 5.74) is -0.283. The van der Waals surface area contributed by atoms with Gasteiger partial charge in [0.25, 0.3) is 0 Å². The Balaban J connectivity index is 1.94. The Hall–Kier alpha value is -1.10. The monoisotopic (exact) mass is 282 g/mol. The van der Waals surface area contributed by atoms with Crippen LogP contribution in [-0.4, -0.2) is 36.1 Å². The molecule has 20 heavy (non-hydrogen) atoms. The molecular weight excluding hydrogens is 256 g/mol. The van der Waals surface area contributed by atoms with Gasteiger partial charge in [-0.2, -0.15) is 0 Å². The van der Waals surface area contributed by atoms with Crippen molar-refractivity contribution >= 4 is 11.9 Å². The number of carbonyl (C=O) groups excluding carboxylic acids is 1. The molecule has 114 valence electrons. The van der Waals surface area contributed by atoms with Gasteiger partial charge in [-0.25, -0.2) is 0 Å². The summed E-state index contributed by atoms with van der Waals surface area (Å²) in [6.45, 7) is 3.85. The molecule has 0 aromatic rings. The predicted molar refractivity (Wildman–Crippen MR) is 76.4 cm³/mol. The average Bonchev–Trinajstić information content (AvgIpc) is 2.89. The van der Waals surface area contributed by atoms with Crippen LogP contribution >= 0.6 is 0 Å². The van der Waals surface area contributed by atoms with Crippen LogP contribution in [0, 0.1) is 11.3 Å². The third kappa shape index (κ3) is 3.32. The van der Waals surface area contributed by atoms with E-state index in [0.29, 0.717) is 12.8 Å². The third-order valence-electron chi connectivity index (χ3n) is 4.80. The molecule has 1 saturated heterocycles. The zero-order valence-corrected chi connectivity index (χ0v) is 12.3. The maximum Gasteiger partial charge on any atom is 0.306 e. The van der Waals surface area contributed by atoms with Gasteiger partial charge in [0.05, 0.1) is 11.3 Å². The Kier molecular flexibility index (Phi) is 5.02. The summed E-state index contributed by atoms with van der Waals surface area (Å²) in [4.78, 5) is 23.6. The van der Waals surface area contributed by atoms with Crippen molar-refractivity contribution in [3.05, 3.63) is 0 Å². The lowest BCUT2D eigenvalue weighted by Gasteiger charge is -2.37. The molecular formula is C15H26N2O3. The first-order valence-electron chi connectivity index (χ1n) is 7.82. The molecule has 1 aliphatic heterocycles. The molecule has 2 aliphatic rings. The van der Waals surface area contributed by atoms with Crippen molar-refractivity contribution in [1.82, 2.24) is 10.6 Å². The van der Waals surface area contributed by atoms with Crippen molar-refractivity contribution in [1.29, 1.82) is 0 Å². The van der Waals surface area contributed by atoms with Gasteiger partial charge in [0.15, 0.2) is 0 Å². The molecule has 3 atom stereocenters. The topological polar surface area (TPSA) is 78.4 Å². The number of rotatable bonds is 5. The van der Waals surface area contributed by atoms with Crippen molar-refractivity contribution in [2.24, 2.45) is 11.3 Å². The second-order valence-corrected chi connectivity index (χ2v) is 6.33. The number of nitrogens with one attached hydrogen (secondary N) is 2. The molecule has 1 heterocycles. The first-order chi connectivity index (χ1) is 9.57. The summed E-state index contributed by atoms with van der Waals surface area (Å²) in [6.07, 6.45) is 5.93. The van der Waals surface area contributed by atoms with E-state index in [4.69, 9.17) is 5.11 Å². The molecule has 5 nitrogen and oxygen atoms in total. The standard InChI is InChI=1S/C15H26N2O3/c1-2-6-15(7-3-8-16-10-15)14(20)17-12-5-4-11(9-12)13(18)19/h11-12,16H,2-10H2,1H3,(H,17,20)(H,18,19)/t11-,12+,15?/m1/s1. The maximum atomic E-state index is 12.6. The van der Waals surface area contributed by atoms with Crippen LogP contribution in [0.4, 0.5) is 0 Å². The van der Waals surface area contributed by atoms with Crippen molar-refractivity contribution in [2.45, 2.75) is 57.9 Å². The molecule has 0 radical (unpaired) electrons. The third-order valence-corrected chi connectivity index (χ3v) is 4.80. The minimum Gasteiger partial charge on any atom is -0.481 e. The molecule has 0 bridgehead atoms. The fourth-order valence-corrected chi connectivity index (χ4v) is 3.64. The van der Waals surface area contributed by atoms with E-state index in [-0.39, 0.29) is 23.3 Å². The smallest absolute Gasteiger partial charge is 0.306 e. The average molecular weight is 282 g/mol. The molecule has 3 N–H and O–H groups in total. The van der Waals surface area contributed by atoms with E-state index in [0.717, 1.165) is 45.2 Å². The molecule has 1 saturated carbocycles. The summed E-state index contributed by atoms with van der Waals surface area (Å²) in [6, 6.07) is 0.0410. The summed E-state index contributed by atoms with van der Waals surface area (Å²) in [5.74, 6) is -0.890. The number of hydrogen-bond acceptors (Lipinski definition) is 3. The number of aliphatic carboxylic acids is 1. The van der Waals surface area contributed by atoms with Crippen LogP contribution in [-0.2, 0) is 9.59 Å². The van der Waals surface area contributed by atoms with Crippen molar-refractivity contribution in [3.63, 3.8) is 0 Å². The highest BCUT2D eigenvalue weighted by Crippen LogP contribution is 2.33. The molecule has 1 unspecified atom stereocenters. The fraction of sp³-hybridized carbons (Fsp3) is 0.867. The first-order valence-corrected chi connectivity index (χ1v) is 7.82. The van der Waals surface area contributed by atoms with Gasteiger partial charge >= 0.3 is 5.97 Å². The van der Waals surface area contributed by atoms with Gasteiger partial charge in [0.1, 0.15) is 0 Å². The maximum absolute atomic E-state index is 12.6. The van der Waals surface area contributed by atoms with Crippen LogP contribution in [0.2, 0.25) is 0 Å². The fourth-order valence-electron chi connectivity index (χ4n) is 3.64. The van der Waals surface area contributed by atoms with E-state index in [1.165, 1.54) is 0 Å². The Morgan fingerprint density at radius 2 is 2.20 bits per heavy atom. The Labute approximate surface area is 120 Å². The number of carbonyl (C=O) groups is 2. The van der Waals surface area contributed by atoms with Crippen LogP contribution in [0.25, 0.3) is 0 Å². The molecule has 0 aromatic heterocycles. The molecule has 0 spiro atoms. The van der Waals surface area contributed by atoms with Gasteiger partial charge in [-0.3, -0.25) is 9.59 Å². The first kappa shape index (κ1) is 15.3. The van der Waals surface area contributed by atoms with Crippen LogP contribution in [0.1, 0.15) is 51.9 Å². The van der Waals surface area contributed by atoms with Gasteiger partial charge in [-0.1, -0.05) is 13.3 Å². The van der Waals surface area contributed by atoms with E-state index >= 15 is 0 Å². The van der Waals surface area contributed by atoms with Crippen LogP contribution in [0.5, 0.6) is 0 Å². The van der Waals surface area contributed by atoms with E-state index in [9.17, 15) is 9.59 Å². The number of piperidine rings is 1. The van der Waals surface area contributed by atoms with Crippen molar-refractivity contribution in [2.75, 3.05) is 13.1 Å². The highest BCUT2D eigenvalue weighted by atomic mass is 16.4. The molecule has 5 heteroatoms. The molecule has 1 amide bonds. The summed E-state index contributed by atoms with van der Waals surface area (Å²) in [7, 11) is 0. The SMILES string of the molecule is CCCC1(C(=O)N[C@H]2CC[C@@H](C(=O)O)C2)CCCNC1. The zero-order valence-electron chi connectivity index (χ0n) is 12.3. The van der Waals surface area contributed by atoms with Gasteiger partial charge in [0, 0.05) is 12.6 Å². The number of amides is 1. The Bertz CT molecular complexity index is 359. The van der Waals surface area contributed by atoms with Crippen LogP contribution in [0.15, 0.2) is 0 Å². The Morgan fingerprint density at radius 3 is 2.75 bits per heavy atom. The molecule has 2 fully saturated rings.